The minimum absolute atomic E-state index is 0.183. The molecule has 4 rings (SSSR count). The average Bonchev–Trinajstić information content (AvgIpc) is 3.21. The third-order valence-corrected chi connectivity index (χ3v) is 6.34. The molecule has 0 bridgehead atoms. The molecule has 0 aromatic heterocycles. The van der Waals surface area contributed by atoms with Gasteiger partial charge in [0.1, 0.15) is 0 Å². The second kappa shape index (κ2) is 8.31. The van der Waals surface area contributed by atoms with Crippen molar-refractivity contribution in [1.29, 1.82) is 0 Å². The van der Waals surface area contributed by atoms with Crippen molar-refractivity contribution in [1.82, 2.24) is 5.32 Å². The lowest BCUT2D eigenvalue weighted by Crippen LogP contribution is -2.23. The number of hydrogen-bond donors (Lipinski definition) is 2. The lowest BCUT2D eigenvalue weighted by Gasteiger charge is -2.12. The van der Waals surface area contributed by atoms with E-state index in [9.17, 15) is 13.2 Å². The number of ether oxygens (including phenoxy) is 2. The van der Waals surface area contributed by atoms with E-state index in [1.807, 2.05) is 25.1 Å². The predicted molar refractivity (Wildman–Crippen MR) is 117 cm³/mol. The van der Waals surface area contributed by atoms with Crippen molar-refractivity contribution in [3.05, 3.63) is 82.9 Å². The molecule has 8 heteroatoms. The summed E-state index contributed by atoms with van der Waals surface area (Å²) in [6.07, 6.45) is 0. The molecule has 0 fully saturated rings. The molecule has 2 N–H and O–H groups in total. The molecule has 3 aromatic carbocycles. The van der Waals surface area contributed by atoms with Crippen LogP contribution in [0.2, 0.25) is 0 Å². The Morgan fingerprint density at radius 1 is 0.935 bits per heavy atom. The molecule has 0 saturated heterocycles. The first-order valence-corrected chi connectivity index (χ1v) is 11.2. The Balaban J connectivity index is 1.43. The minimum atomic E-state index is -3.71. The van der Waals surface area contributed by atoms with Gasteiger partial charge in [0.05, 0.1) is 10.6 Å². The lowest BCUT2D eigenvalue weighted by molar-refractivity contribution is 0.0950. The monoisotopic (exact) mass is 438 g/mol. The first-order chi connectivity index (χ1) is 14.8. The van der Waals surface area contributed by atoms with Gasteiger partial charge in [-0.25, -0.2) is 8.42 Å². The molecule has 1 heterocycles. The first-order valence-electron chi connectivity index (χ1n) is 9.69. The van der Waals surface area contributed by atoms with Crippen LogP contribution in [0.4, 0.5) is 5.69 Å². The van der Waals surface area contributed by atoms with Crippen LogP contribution in [-0.2, 0) is 16.6 Å². The Bertz CT molecular complexity index is 1240. The lowest BCUT2D eigenvalue weighted by atomic mass is 10.1. The van der Waals surface area contributed by atoms with Gasteiger partial charge in [-0.15, -0.1) is 0 Å². The number of sulfonamides is 1. The molecule has 1 amide bonds. The van der Waals surface area contributed by atoms with E-state index in [4.69, 9.17) is 9.47 Å². The fourth-order valence-corrected chi connectivity index (χ4v) is 4.31. The highest BCUT2D eigenvalue weighted by atomic mass is 32.2. The zero-order chi connectivity index (χ0) is 22.0. The maximum atomic E-state index is 12.6. The number of hydrogen-bond acceptors (Lipinski definition) is 5. The van der Waals surface area contributed by atoms with Gasteiger partial charge in [0, 0.05) is 12.1 Å². The van der Waals surface area contributed by atoms with Gasteiger partial charge in [-0.3, -0.25) is 9.52 Å². The van der Waals surface area contributed by atoms with Crippen molar-refractivity contribution in [2.75, 3.05) is 11.5 Å². The third-order valence-electron chi connectivity index (χ3n) is 4.95. The Morgan fingerprint density at radius 2 is 1.68 bits per heavy atom. The van der Waals surface area contributed by atoms with E-state index in [1.54, 1.807) is 49.4 Å². The SMILES string of the molecule is Cc1ccc(S(=O)(=O)Nc2ccc(C(=O)NCc3ccc4c(c3)OCO4)cc2C)cc1. The van der Waals surface area contributed by atoms with Crippen molar-refractivity contribution >= 4 is 21.6 Å². The minimum Gasteiger partial charge on any atom is -0.454 e. The molecule has 0 unspecified atom stereocenters. The summed E-state index contributed by atoms with van der Waals surface area (Å²) in [5.74, 6) is 1.09. The summed E-state index contributed by atoms with van der Waals surface area (Å²) in [6.45, 7) is 4.17. The van der Waals surface area contributed by atoms with Crippen LogP contribution in [0.1, 0.15) is 27.0 Å². The fraction of sp³-hybridized carbons (Fsp3) is 0.174. The molecule has 1 aliphatic rings. The van der Waals surface area contributed by atoms with Crippen LogP contribution in [0.15, 0.2) is 65.6 Å². The molecule has 0 atom stereocenters. The van der Waals surface area contributed by atoms with Crippen molar-refractivity contribution in [3.63, 3.8) is 0 Å². The van der Waals surface area contributed by atoms with Gasteiger partial charge in [-0.05, 0) is 67.4 Å². The van der Waals surface area contributed by atoms with Gasteiger partial charge < -0.3 is 14.8 Å². The Morgan fingerprint density at radius 3 is 2.42 bits per heavy atom. The van der Waals surface area contributed by atoms with E-state index in [1.165, 1.54) is 0 Å². The molecule has 160 valence electrons. The molecule has 31 heavy (non-hydrogen) atoms. The zero-order valence-corrected chi connectivity index (χ0v) is 18.0. The Hall–Kier alpha value is -3.52. The Labute approximate surface area is 181 Å². The number of carbonyl (C=O) groups excluding carboxylic acids is 1. The fourth-order valence-electron chi connectivity index (χ4n) is 3.18. The molecule has 3 aromatic rings. The number of benzene rings is 3. The highest BCUT2D eigenvalue weighted by Crippen LogP contribution is 2.32. The highest BCUT2D eigenvalue weighted by molar-refractivity contribution is 7.92. The molecule has 0 radical (unpaired) electrons. The number of aryl methyl sites for hydroxylation is 2. The van der Waals surface area contributed by atoms with E-state index in [0.29, 0.717) is 34.9 Å². The van der Waals surface area contributed by atoms with Crippen LogP contribution in [-0.4, -0.2) is 21.1 Å². The molecule has 1 aliphatic heterocycles. The zero-order valence-electron chi connectivity index (χ0n) is 17.1. The quantitative estimate of drug-likeness (QED) is 0.611. The van der Waals surface area contributed by atoms with E-state index in [2.05, 4.69) is 10.0 Å². The van der Waals surface area contributed by atoms with Crippen LogP contribution in [0.25, 0.3) is 0 Å². The predicted octanol–water partition coefficient (Wildman–Crippen LogP) is 3.76. The van der Waals surface area contributed by atoms with Crippen molar-refractivity contribution < 1.29 is 22.7 Å². The number of nitrogens with one attached hydrogen (secondary N) is 2. The number of rotatable bonds is 6. The Kier molecular flexibility index (Phi) is 5.56. The maximum Gasteiger partial charge on any atom is 0.261 e. The smallest absolute Gasteiger partial charge is 0.261 e. The summed E-state index contributed by atoms with van der Waals surface area (Å²) in [5.41, 5.74) is 3.37. The molecule has 0 spiro atoms. The number of amides is 1. The molecule has 0 saturated carbocycles. The van der Waals surface area contributed by atoms with Crippen LogP contribution in [0.3, 0.4) is 0 Å². The second-order valence-corrected chi connectivity index (χ2v) is 9.00. The van der Waals surface area contributed by atoms with Crippen molar-refractivity contribution in [2.45, 2.75) is 25.3 Å². The summed E-state index contributed by atoms with van der Waals surface area (Å²) < 4.78 is 38.4. The van der Waals surface area contributed by atoms with Crippen molar-refractivity contribution in [2.24, 2.45) is 0 Å². The normalized spacial score (nSPS) is 12.5. The second-order valence-electron chi connectivity index (χ2n) is 7.32. The molecule has 7 nitrogen and oxygen atoms in total. The van der Waals surface area contributed by atoms with Crippen LogP contribution in [0.5, 0.6) is 11.5 Å². The number of anilines is 1. The van der Waals surface area contributed by atoms with E-state index >= 15 is 0 Å². The van der Waals surface area contributed by atoms with Gasteiger partial charge in [0.25, 0.3) is 15.9 Å². The van der Waals surface area contributed by atoms with Crippen molar-refractivity contribution in [3.8, 4) is 11.5 Å². The standard InChI is InChI=1S/C23H22N2O5S/c1-15-3-7-19(8-4-15)31(27,28)25-20-9-6-18(11-16(20)2)23(26)24-13-17-5-10-21-22(12-17)30-14-29-21/h3-12,25H,13-14H2,1-2H3,(H,24,26). The molecular formula is C23H22N2O5S. The largest absolute Gasteiger partial charge is 0.454 e. The first kappa shape index (κ1) is 20.7. The summed E-state index contributed by atoms with van der Waals surface area (Å²) in [5, 5.41) is 2.86. The highest BCUT2D eigenvalue weighted by Gasteiger charge is 2.17. The van der Waals surface area contributed by atoms with Gasteiger partial charge in [-0.2, -0.15) is 0 Å². The van der Waals surface area contributed by atoms with E-state index < -0.39 is 10.0 Å². The number of fused-ring (bicyclic) bond motifs is 1. The maximum absolute atomic E-state index is 12.6. The van der Waals surface area contributed by atoms with Gasteiger partial charge in [0.15, 0.2) is 11.5 Å². The third kappa shape index (κ3) is 4.64. The number of carbonyl (C=O) groups is 1. The van der Waals surface area contributed by atoms with Crippen LogP contribution >= 0.6 is 0 Å². The molecular weight excluding hydrogens is 416 g/mol. The van der Waals surface area contributed by atoms with Crippen LogP contribution in [0, 0.1) is 13.8 Å². The summed E-state index contributed by atoms with van der Waals surface area (Å²) in [6, 6.07) is 17.0. The van der Waals surface area contributed by atoms with Crippen LogP contribution < -0.4 is 19.5 Å². The van der Waals surface area contributed by atoms with E-state index in [-0.39, 0.29) is 17.6 Å². The topological polar surface area (TPSA) is 93.7 Å². The average molecular weight is 439 g/mol. The van der Waals surface area contributed by atoms with E-state index in [0.717, 1.165) is 11.1 Å². The summed E-state index contributed by atoms with van der Waals surface area (Å²) >= 11 is 0. The van der Waals surface area contributed by atoms with Gasteiger partial charge >= 0.3 is 0 Å². The van der Waals surface area contributed by atoms with Gasteiger partial charge in [-0.1, -0.05) is 23.8 Å². The summed E-state index contributed by atoms with van der Waals surface area (Å²) in [7, 11) is -3.71. The molecule has 0 aliphatic carbocycles. The summed E-state index contributed by atoms with van der Waals surface area (Å²) in [4.78, 5) is 12.7. The van der Waals surface area contributed by atoms with Gasteiger partial charge in [0.2, 0.25) is 6.79 Å².